The van der Waals surface area contributed by atoms with Crippen molar-refractivity contribution in [3.8, 4) is 0 Å². The summed E-state index contributed by atoms with van der Waals surface area (Å²) in [4.78, 5) is 43.4. The Hall–Kier alpha value is -2.83. The third kappa shape index (κ3) is 4.13. The molecule has 0 saturated heterocycles. The number of aryl methyl sites for hydroxylation is 1. The van der Waals surface area contributed by atoms with Crippen LogP contribution in [0.5, 0.6) is 0 Å². The summed E-state index contributed by atoms with van der Waals surface area (Å²) in [6.45, 7) is 7.76. The van der Waals surface area contributed by atoms with E-state index in [0.717, 1.165) is 24.0 Å². The third-order valence-corrected chi connectivity index (χ3v) is 5.51. The van der Waals surface area contributed by atoms with Crippen LogP contribution in [0.3, 0.4) is 0 Å². The van der Waals surface area contributed by atoms with Crippen molar-refractivity contribution in [3.05, 3.63) is 46.7 Å². The molecule has 156 valence electrons. The van der Waals surface area contributed by atoms with E-state index < -0.39 is 6.04 Å². The monoisotopic (exact) mass is 398 g/mol. The topological polar surface area (TPSA) is 73.0 Å². The fourth-order valence-electron chi connectivity index (χ4n) is 3.92. The molecule has 1 aromatic rings. The Morgan fingerprint density at radius 1 is 1.14 bits per heavy atom. The maximum absolute atomic E-state index is 13.2. The summed E-state index contributed by atoms with van der Waals surface area (Å²) in [6.07, 6.45) is 1.76. The number of nitrogens with zero attached hydrogens (tertiary/aromatic N) is 3. The Labute approximate surface area is 172 Å². The highest BCUT2D eigenvalue weighted by molar-refractivity contribution is 6.02. The number of benzene rings is 1. The van der Waals surface area contributed by atoms with Crippen LogP contribution in [0.4, 0.5) is 4.79 Å². The molecule has 4 amide bonds. The molecule has 0 spiro atoms. The number of rotatable bonds is 7. The number of hydrogen-bond donors (Lipinski definition) is 1. The Bertz CT molecular complexity index is 825. The summed E-state index contributed by atoms with van der Waals surface area (Å²) < 4.78 is 0. The predicted octanol–water partition coefficient (Wildman–Crippen LogP) is 2.44. The minimum Gasteiger partial charge on any atom is -0.341 e. The molecule has 0 aromatic heterocycles. The summed E-state index contributed by atoms with van der Waals surface area (Å²) >= 11 is 0. The molecule has 1 N–H and O–H groups in total. The van der Waals surface area contributed by atoms with Crippen LogP contribution in [0.15, 0.2) is 35.5 Å². The van der Waals surface area contributed by atoms with E-state index in [2.05, 4.69) is 5.32 Å². The van der Waals surface area contributed by atoms with E-state index in [9.17, 15) is 14.4 Å². The molecule has 29 heavy (non-hydrogen) atoms. The number of carbonyl (C=O) groups excluding carboxylic acids is 3. The normalized spacial score (nSPS) is 18.8. The molecule has 0 saturated carbocycles. The lowest BCUT2D eigenvalue weighted by Gasteiger charge is -2.31. The van der Waals surface area contributed by atoms with Gasteiger partial charge in [0.05, 0.1) is 23.9 Å². The van der Waals surface area contributed by atoms with Crippen molar-refractivity contribution < 1.29 is 14.4 Å². The Kier molecular flexibility index (Phi) is 6.25. The van der Waals surface area contributed by atoms with Gasteiger partial charge in [-0.2, -0.15) is 0 Å². The van der Waals surface area contributed by atoms with E-state index in [1.165, 1.54) is 4.90 Å². The van der Waals surface area contributed by atoms with Crippen LogP contribution in [0, 0.1) is 6.92 Å². The van der Waals surface area contributed by atoms with Gasteiger partial charge in [0, 0.05) is 20.1 Å². The van der Waals surface area contributed by atoms with Crippen molar-refractivity contribution in [2.45, 2.75) is 39.7 Å². The van der Waals surface area contributed by atoms with E-state index in [0.29, 0.717) is 24.4 Å². The van der Waals surface area contributed by atoms with Gasteiger partial charge in [0.2, 0.25) is 5.91 Å². The van der Waals surface area contributed by atoms with Crippen LogP contribution in [-0.2, 0) is 9.59 Å². The molecular formula is C22H30N4O3. The molecule has 0 radical (unpaired) electrons. The minimum absolute atomic E-state index is 0.0362. The minimum atomic E-state index is -0.496. The summed E-state index contributed by atoms with van der Waals surface area (Å²) in [5.74, 6) is -0.227. The lowest BCUT2D eigenvalue weighted by Crippen LogP contribution is -2.45. The molecule has 2 heterocycles. The molecule has 7 heteroatoms. The van der Waals surface area contributed by atoms with Crippen molar-refractivity contribution in [2.24, 2.45) is 0 Å². The number of amides is 4. The van der Waals surface area contributed by atoms with E-state index in [1.807, 2.05) is 49.9 Å². The number of likely N-dealkylation sites (N-methyl/N-ethyl adjacent to an activating group) is 1. The van der Waals surface area contributed by atoms with Crippen molar-refractivity contribution >= 4 is 17.8 Å². The van der Waals surface area contributed by atoms with E-state index in [-0.39, 0.29) is 30.9 Å². The maximum Gasteiger partial charge on any atom is 0.322 e. The molecule has 7 nitrogen and oxygen atoms in total. The van der Waals surface area contributed by atoms with Gasteiger partial charge in [-0.05, 0) is 25.3 Å². The molecule has 1 aromatic carbocycles. The smallest absolute Gasteiger partial charge is 0.322 e. The van der Waals surface area contributed by atoms with Gasteiger partial charge < -0.3 is 15.1 Å². The first-order valence-corrected chi connectivity index (χ1v) is 10.3. The van der Waals surface area contributed by atoms with E-state index >= 15 is 0 Å². The van der Waals surface area contributed by atoms with Gasteiger partial charge in [0.25, 0.3) is 5.91 Å². The van der Waals surface area contributed by atoms with E-state index in [1.54, 1.807) is 11.9 Å². The van der Waals surface area contributed by atoms with Gasteiger partial charge in [-0.3, -0.25) is 14.5 Å². The third-order valence-electron chi connectivity index (χ3n) is 5.51. The zero-order valence-corrected chi connectivity index (χ0v) is 17.7. The van der Waals surface area contributed by atoms with Gasteiger partial charge in [0.1, 0.15) is 6.54 Å². The van der Waals surface area contributed by atoms with Crippen molar-refractivity contribution in [3.63, 3.8) is 0 Å². The fourth-order valence-corrected chi connectivity index (χ4v) is 3.92. The molecule has 0 bridgehead atoms. The largest absolute Gasteiger partial charge is 0.341 e. The zero-order valence-electron chi connectivity index (χ0n) is 17.7. The molecular weight excluding hydrogens is 368 g/mol. The number of nitrogens with one attached hydrogen (secondary N) is 1. The Balaban J connectivity index is 1.84. The molecule has 1 atom stereocenters. The maximum atomic E-state index is 13.2. The van der Waals surface area contributed by atoms with Crippen LogP contribution < -0.4 is 5.32 Å². The van der Waals surface area contributed by atoms with Gasteiger partial charge in [-0.25, -0.2) is 4.79 Å². The van der Waals surface area contributed by atoms with Crippen LogP contribution in [0.2, 0.25) is 0 Å². The number of carbonyl (C=O) groups is 3. The highest BCUT2D eigenvalue weighted by Crippen LogP contribution is 2.35. The van der Waals surface area contributed by atoms with Crippen LogP contribution in [0.25, 0.3) is 0 Å². The van der Waals surface area contributed by atoms with Crippen LogP contribution in [-0.4, -0.2) is 65.8 Å². The van der Waals surface area contributed by atoms with Crippen molar-refractivity contribution in [1.29, 1.82) is 0 Å². The standard InChI is InChI=1S/C22H30N4O3/c1-5-11-25(12-6-2)18(27)14-26-13-17-19(21(26)28)20(23-22(29)24(17)4)16-9-7-15(3)8-10-16/h7-10,20H,5-6,11-14H2,1-4H3,(H,23,29). The van der Waals surface area contributed by atoms with E-state index in [4.69, 9.17) is 0 Å². The van der Waals surface area contributed by atoms with Gasteiger partial charge >= 0.3 is 6.03 Å². The second-order valence-electron chi connectivity index (χ2n) is 7.75. The number of urea groups is 1. The van der Waals surface area contributed by atoms with Crippen molar-refractivity contribution in [2.75, 3.05) is 33.2 Å². The second-order valence-corrected chi connectivity index (χ2v) is 7.75. The summed E-state index contributed by atoms with van der Waals surface area (Å²) in [6, 6.07) is 7.06. The first kappa shape index (κ1) is 20.9. The average Bonchev–Trinajstić information content (AvgIpc) is 3.02. The molecule has 2 aliphatic heterocycles. The van der Waals surface area contributed by atoms with Gasteiger partial charge in [0.15, 0.2) is 0 Å². The van der Waals surface area contributed by atoms with Gasteiger partial charge in [-0.15, -0.1) is 0 Å². The summed E-state index contributed by atoms with van der Waals surface area (Å²) in [5, 5.41) is 2.93. The van der Waals surface area contributed by atoms with Crippen LogP contribution >= 0.6 is 0 Å². The van der Waals surface area contributed by atoms with Crippen molar-refractivity contribution in [1.82, 2.24) is 20.0 Å². The quantitative estimate of drug-likeness (QED) is 0.767. The highest BCUT2D eigenvalue weighted by atomic mass is 16.2. The first-order chi connectivity index (χ1) is 13.9. The Morgan fingerprint density at radius 2 is 1.76 bits per heavy atom. The summed E-state index contributed by atoms with van der Waals surface area (Å²) in [7, 11) is 1.66. The average molecular weight is 399 g/mol. The zero-order chi connectivity index (χ0) is 21.1. The molecule has 3 rings (SSSR count). The van der Waals surface area contributed by atoms with Gasteiger partial charge in [-0.1, -0.05) is 43.7 Å². The molecule has 1 unspecified atom stereocenters. The highest BCUT2D eigenvalue weighted by Gasteiger charge is 2.43. The molecule has 0 aliphatic carbocycles. The molecule has 0 fully saturated rings. The van der Waals surface area contributed by atoms with Crippen LogP contribution in [0.1, 0.15) is 43.9 Å². The number of hydrogen-bond acceptors (Lipinski definition) is 3. The summed E-state index contributed by atoms with van der Waals surface area (Å²) in [5.41, 5.74) is 3.21. The fraction of sp³-hybridized carbons (Fsp3) is 0.500. The SMILES string of the molecule is CCCN(CCC)C(=O)CN1CC2=C(C1=O)C(c1ccc(C)cc1)NC(=O)N2C. The second kappa shape index (κ2) is 8.68. The molecule has 2 aliphatic rings. The Morgan fingerprint density at radius 3 is 2.34 bits per heavy atom. The lowest BCUT2D eigenvalue weighted by molar-refractivity contribution is -0.137. The predicted molar refractivity (Wildman–Crippen MR) is 111 cm³/mol. The lowest BCUT2D eigenvalue weighted by atomic mass is 9.95. The first-order valence-electron chi connectivity index (χ1n) is 10.3.